The fourth-order valence-corrected chi connectivity index (χ4v) is 5.01. The van der Waals surface area contributed by atoms with Crippen LogP contribution in [0.5, 0.6) is 11.5 Å². The Bertz CT molecular complexity index is 1210. The number of benzene rings is 2. The van der Waals surface area contributed by atoms with Gasteiger partial charge in [-0.1, -0.05) is 30.3 Å². The number of amides is 1. The van der Waals surface area contributed by atoms with Crippen molar-refractivity contribution in [2.24, 2.45) is 5.92 Å². The van der Waals surface area contributed by atoms with E-state index in [2.05, 4.69) is 9.88 Å². The number of nitrogen functional groups attached to an aromatic ring is 1. The predicted molar refractivity (Wildman–Crippen MR) is 135 cm³/mol. The molecule has 2 N–H and O–H groups in total. The maximum atomic E-state index is 12.9. The summed E-state index contributed by atoms with van der Waals surface area (Å²) in [4.78, 5) is 26.5. The van der Waals surface area contributed by atoms with Gasteiger partial charge in [-0.3, -0.25) is 4.79 Å². The van der Waals surface area contributed by atoms with Gasteiger partial charge in [-0.05, 0) is 18.4 Å². The lowest BCUT2D eigenvalue weighted by Crippen LogP contribution is -2.47. The molecule has 2 aliphatic rings. The monoisotopic (exact) mass is 477 g/mol. The third-order valence-electron chi connectivity index (χ3n) is 6.86. The molecule has 3 aromatic rings. The largest absolute Gasteiger partial charge is 0.493 e. The summed E-state index contributed by atoms with van der Waals surface area (Å²) in [6.45, 7) is 3.99. The Morgan fingerprint density at radius 3 is 2.40 bits per heavy atom. The van der Waals surface area contributed by atoms with Crippen LogP contribution in [0.1, 0.15) is 12.8 Å². The Labute approximate surface area is 204 Å². The van der Waals surface area contributed by atoms with E-state index < -0.39 is 0 Å². The van der Waals surface area contributed by atoms with E-state index in [1.165, 1.54) is 0 Å². The van der Waals surface area contributed by atoms with Crippen molar-refractivity contribution < 1.29 is 19.0 Å². The van der Waals surface area contributed by atoms with Gasteiger partial charge in [0, 0.05) is 43.7 Å². The summed E-state index contributed by atoms with van der Waals surface area (Å²) in [5.74, 6) is 2.39. The van der Waals surface area contributed by atoms with Crippen LogP contribution < -0.4 is 20.1 Å². The zero-order valence-corrected chi connectivity index (χ0v) is 20.2. The van der Waals surface area contributed by atoms with E-state index in [1.807, 2.05) is 41.3 Å². The van der Waals surface area contributed by atoms with Crippen LogP contribution >= 0.6 is 0 Å². The van der Waals surface area contributed by atoms with Crippen molar-refractivity contribution in [3.05, 3.63) is 36.4 Å². The van der Waals surface area contributed by atoms with Crippen molar-refractivity contribution in [2.45, 2.75) is 12.8 Å². The number of piperidine rings is 1. The number of nitrogens with two attached hydrogens (primary N) is 1. The van der Waals surface area contributed by atoms with Crippen molar-refractivity contribution in [2.75, 3.05) is 64.2 Å². The lowest BCUT2D eigenvalue weighted by atomic mass is 9.95. The molecule has 0 saturated carbocycles. The summed E-state index contributed by atoms with van der Waals surface area (Å²) in [5.41, 5.74) is 8.98. The van der Waals surface area contributed by atoms with Crippen molar-refractivity contribution in [3.63, 3.8) is 0 Å². The van der Waals surface area contributed by atoms with Gasteiger partial charge in [0.05, 0.1) is 38.3 Å². The smallest absolute Gasteiger partial charge is 0.227 e. The van der Waals surface area contributed by atoms with Crippen LogP contribution in [0.4, 0.5) is 11.8 Å². The van der Waals surface area contributed by atoms with E-state index in [1.54, 1.807) is 14.2 Å². The second kappa shape index (κ2) is 9.95. The Morgan fingerprint density at radius 1 is 1.03 bits per heavy atom. The molecule has 35 heavy (non-hydrogen) atoms. The van der Waals surface area contributed by atoms with Crippen LogP contribution in [-0.2, 0) is 9.53 Å². The minimum Gasteiger partial charge on any atom is -0.493 e. The molecule has 3 heterocycles. The fraction of sp³-hybridized carbons (Fsp3) is 0.423. The quantitative estimate of drug-likeness (QED) is 0.598. The number of hydrogen-bond acceptors (Lipinski definition) is 8. The molecule has 1 aromatic heterocycles. The van der Waals surface area contributed by atoms with Gasteiger partial charge in [0.2, 0.25) is 11.9 Å². The Balaban J connectivity index is 1.45. The van der Waals surface area contributed by atoms with Crippen LogP contribution in [0.3, 0.4) is 0 Å². The molecule has 1 amide bonds. The molecule has 0 bridgehead atoms. The summed E-state index contributed by atoms with van der Waals surface area (Å²) in [5, 5.41) is 0.731. The minimum atomic E-state index is 0.0243. The van der Waals surface area contributed by atoms with E-state index in [9.17, 15) is 4.79 Å². The second-order valence-corrected chi connectivity index (χ2v) is 8.86. The number of ether oxygens (including phenoxy) is 3. The summed E-state index contributed by atoms with van der Waals surface area (Å²) in [6.07, 6.45) is 1.53. The van der Waals surface area contributed by atoms with Gasteiger partial charge >= 0.3 is 0 Å². The van der Waals surface area contributed by atoms with Crippen LogP contribution in [0.15, 0.2) is 36.4 Å². The molecule has 184 valence electrons. The number of anilines is 2. The maximum Gasteiger partial charge on any atom is 0.227 e. The predicted octanol–water partition coefficient (Wildman–Crippen LogP) is 2.97. The fourth-order valence-electron chi connectivity index (χ4n) is 5.01. The number of carbonyl (C=O) groups is 1. The molecule has 2 aliphatic heterocycles. The Kier molecular flexibility index (Phi) is 6.59. The first-order valence-electron chi connectivity index (χ1n) is 12.0. The lowest BCUT2D eigenvalue weighted by molar-refractivity contribution is -0.140. The van der Waals surface area contributed by atoms with E-state index in [-0.39, 0.29) is 11.8 Å². The Morgan fingerprint density at radius 2 is 1.74 bits per heavy atom. The van der Waals surface area contributed by atoms with Gasteiger partial charge in [-0.15, -0.1) is 0 Å². The average Bonchev–Trinajstić information content (AvgIpc) is 2.92. The first kappa shape index (κ1) is 23.2. The summed E-state index contributed by atoms with van der Waals surface area (Å²) in [7, 11) is 3.23. The highest BCUT2D eigenvalue weighted by atomic mass is 16.5. The number of hydrogen-bond donors (Lipinski definition) is 1. The molecule has 2 fully saturated rings. The first-order valence-corrected chi connectivity index (χ1v) is 12.0. The summed E-state index contributed by atoms with van der Waals surface area (Å²) < 4.78 is 16.7. The third kappa shape index (κ3) is 4.43. The molecule has 5 rings (SSSR count). The molecular weight excluding hydrogens is 446 g/mol. The topological polar surface area (TPSA) is 103 Å². The molecule has 9 heteroatoms. The standard InChI is InChI=1S/C26H31N5O4/c1-33-20-16-19-22(21(23(20)34-2)17-6-4-3-5-7-17)24(27)29-26(28-19)31-10-8-18(9-11-31)25(32)30-12-14-35-15-13-30/h3-7,16,18H,8-15H2,1-2H3,(H2,27,28,29). The van der Waals surface area contributed by atoms with Crippen LogP contribution in [0.2, 0.25) is 0 Å². The number of rotatable bonds is 5. The summed E-state index contributed by atoms with van der Waals surface area (Å²) in [6, 6.07) is 11.7. The number of morpholine rings is 1. The van der Waals surface area contributed by atoms with Gasteiger partial charge in [0.25, 0.3) is 0 Å². The molecule has 0 radical (unpaired) electrons. The van der Waals surface area contributed by atoms with Crippen LogP contribution in [0.25, 0.3) is 22.0 Å². The highest BCUT2D eigenvalue weighted by molar-refractivity contribution is 6.05. The number of fused-ring (bicyclic) bond motifs is 1. The number of carbonyl (C=O) groups excluding carboxylic acids is 1. The maximum absolute atomic E-state index is 12.9. The van der Waals surface area contributed by atoms with Crippen molar-refractivity contribution >= 4 is 28.6 Å². The van der Waals surface area contributed by atoms with Crippen LogP contribution in [0, 0.1) is 5.92 Å². The zero-order chi connectivity index (χ0) is 24.4. The molecule has 2 saturated heterocycles. The molecular formula is C26H31N5O4. The molecule has 0 aliphatic carbocycles. The molecule has 9 nitrogen and oxygen atoms in total. The third-order valence-corrected chi connectivity index (χ3v) is 6.86. The van der Waals surface area contributed by atoms with Gasteiger partial charge < -0.3 is 29.7 Å². The van der Waals surface area contributed by atoms with Gasteiger partial charge in [0.15, 0.2) is 11.5 Å². The van der Waals surface area contributed by atoms with Gasteiger partial charge in [0.1, 0.15) is 5.82 Å². The van der Waals surface area contributed by atoms with E-state index in [4.69, 9.17) is 24.9 Å². The highest BCUT2D eigenvalue weighted by Gasteiger charge is 2.31. The molecule has 2 aromatic carbocycles. The zero-order valence-electron chi connectivity index (χ0n) is 20.2. The van der Waals surface area contributed by atoms with Crippen LogP contribution in [-0.4, -0.2) is 74.4 Å². The highest BCUT2D eigenvalue weighted by Crippen LogP contribution is 2.45. The van der Waals surface area contributed by atoms with Crippen molar-refractivity contribution in [1.29, 1.82) is 0 Å². The normalized spacial score (nSPS) is 17.0. The minimum absolute atomic E-state index is 0.0243. The van der Waals surface area contributed by atoms with Gasteiger partial charge in [-0.2, -0.15) is 4.98 Å². The van der Waals surface area contributed by atoms with E-state index in [0.29, 0.717) is 68.2 Å². The first-order chi connectivity index (χ1) is 17.1. The molecule has 0 spiro atoms. The SMILES string of the molecule is COc1cc2nc(N3CCC(C(=O)N4CCOCC4)CC3)nc(N)c2c(-c2ccccc2)c1OC. The second-order valence-electron chi connectivity index (χ2n) is 8.86. The summed E-state index contributed by atoms with van der Waals surface area (Å²) >= 11 is 0. The number of nitrogens with zero attached hydrogens (tertiary/aromatic N) is 4. The average molecular weight is 478 g/mol. The van der Waals surface area contributed by atoms with Gasteiger partial charge in [-0.25, -0.2) is 4.98 Å². The number of methoxy groups -OCH3 is 2. The Hall–Kier alpha value is -3.59. The number of aromatic nitrogens is 2. The van der Waals surface area contributed by atoms with E-state index >= 15 is 0 Å². The van der Waals surface area contributed by atoms with Crippen molar-refractivity contribution in [3.8, 4) is 22.6 Å². The molecule has 0 atom stereocenters. The van der Waals surface area contributed by atoms with E-state index in [0.717, 1.165) is 29.4 Å². The lowest BCUT2D eigenvalue weighted by Gasteiger charge is -2.35. The molecule has 0 unspecified atom stereocenters. The van der Waals surface area contributed by atoms with Crippen molar-refractivity contribution in [1.82, 2.24) is 14.9 Å².